The number of rotatable bonds is 2. The highest BCUT2D eigenvalue weighted by Gasteiger charge is 2.49. The van der Waals surface area contributed by atoms with E-state index in [1.807, 2.05) is 19.1 Å². The Hall–Kier alpha value is -1.65. The highest BCUT2D eigenvalue weighted by molar-refractivity contribution is 6.30. The van der Waals surface area contributed by atoms with Crippen LogP contribution in [0.25, 0.3) is 0 Å². The first-order valence-corrected chi connectivity index (χ1v) is 7.62. The number of nitrogens with zero attached hydrogens (tertiary/aromatic N) is 1. The maximum atomic E-state index is 12.3. The monoisotopic (exact) mass is 319 g/mol. The molecule has 4 nitrogen and oxygen atoms in total. The number of Topliss-reactive ketones (excluding diaryl/α,β-unsaturated/α-hetero) is 1. The van der Waals surface area contributed by atoms with Crippen LogP contribution in [0.2, 0.25) is 5.02 Å². The van der Waals surface area contributed by atoms with Crippen LogP contribution < -0.4 is 0 Å². The van der Waals surface area contributed by atoms with Crippen LogP contribution in [0.4, 0.5) is 0 Å². The largest absolute Gasteiger partial charge is 0.389 e. The summed E-state index contributed by atoms with van der Waals surface area (Å²) in [4.78, 5) is 12.3. The number of fused-ring (bicyclic) bond motifs is 1. The average molecular weight is 320 g/mol. The van der Waals surface area contributed by atoms with Crippen molar-refractivity contribution in [3.8, 4) is 0 Å². The number of ketones is 1. The first kappa shape index (κ1) is 15.3. The third-order valence-corrected chi connectivity index (χ3v) is 4.74. The van der Waals surface area contributed by atoms with E-state index in [9.17, 15) is 9.90 Å². The summed E-state index contributed by atoms with van der Waals surface area (Å²) in [6.07, 6.45) is 0.314. The van der Waals surface area contributed by atoms with Crippen molar-refractivity contribution >= 4 is 17.4 Å². The Kier molecular flexibility index (Phi) is 3.62. The van der Waals surface area contributed by atoms with Gasteiger partial charge >= 0.3 is 0 Å². The first-order chi connectivity index (χ1) is 10.3. The van der Waals surface area contributed by atoms with Crippen molar-refractivity contribution in [1.82, 2.24) is 5.16 Å². The smallest absolute Gasteiger partial charge is 0.137 e. The number of aliphatic hydroxyl groups is 1. The second-order valence-electron chi connectivity index (χ2n) is 6.25. The summed E-state index contributed by atoms with van der Waals surface area (Å²) in [6.45, 7) is 5.05. The van der Waals surface area contributed by atoms with Gasteiger partial charge in [-0.05, 0) is 38.5 Å². The summed E-state index contributed by atoms with van der Waals surface area (Å²) in [5, 5.41) is 15.5. The van der Waals surface area contributed by atoms with Gasteiger partial charge in [-0.2, -0.15) is 0 Å². The van der Waals surface area contributed by atoms with E-state index in [0.29, 0.717) is 17.2 Å². The minimum absolute atomic E-state index is 0.0452. The van der Waals surface area contributed by atoms with E-state index < -0.39 is 11.5 Å². The quantitative estimate of drug-likeness (QED) is 0.922. The maximum absolute atomic E-state index is 12.3. The number of hydrogen-bond donors (Lipinski definition) is 1. The van der Waals surface area contributed by atoms with Gasteiger partial charge in [0.15, 0.2) is 0 Å². The standard InChI is InChI=1S/C17H18ClNO3/c1-9(20)16-15(11-4-6-12(18)7-5-11)14-10(2)22-19-13(14)8-17(16,3)21/h4-7,15-16,21H,8H2,1-3H3/t15-,16+,17+/m0/s1. The Morgan fingerprint density at radius 1 is 1.41 bits per heavy atom. The number of aryl methyl sites for hydroxylation is 1. The Labute approximate surface area is 134 Å². The Morgan fingerprint density at radius 3 is 2.64 bits per heavy atom. The van der Waals surface area contributed by atoms with Gasteiger partial charge in [0.2, 0.25) is 0 Å². The molecule has 0 spiro atoms. The highest BCUT2D eigenvalue weighted by Crippen LogP contribution is 2.47. The molecule has 116 valence electrons. The van der Waals surface area contributed by atoms with Crippen molar-refractivity contribution in [3.05, 3.63) is 51.9 Å². The Bertz CT molecular complexity index is 718. The molecule has 1 aliphatic carbocycles. The first-order valence-electron chi connectivity index (χ1n) is 7.24. The molecule has 1 N–H and O–H groups in total. The molecular weight excluding hydrogens is 302 g/mol. The van der Waals surface area contributed by atoms with E-state index in [2.05, 4.69) is 5.16 Å². The maximum Gasteiger partial charge on any atom is 0.137 e. The van der Waals surface area contributed by atoms with Crippen LogP contribution >= 0.6 is 11.6 Å². The van der Waals surface area contributed by atoms with Gasteiger partial charge < -0.3 is 9.63 Å². The van der Waals surface area contributed by atoms with Crippen LogP contribution in [0, 0.1) is 12.8 Å². The lowest BCUT2D eigenvalue weighted by atomic mass is 9.64. The summed E-state index contributed by atoms with van der Waals surface area (Å²) < 4.78 is 5.32. The molecule has 2 aromatic rings. The van der Waals surface area contributed by atoms with Crippen LogP contribution in [0.15, 0.2) is 28.8 Å². The molecule has 1 aromatic heterocycles. The fourth-order valence-electron chi connectivity index (χ4n) is 3.63. The highest BCUT2D eigenvalue weighted by atomic mass is 35.5. The Morgan fingerprint density at radius 2 is 2.05 bits per heavy atom. The number of hydrogen-bond acceptors (Lipinski definition) is 4. The van der Waals surface area contributed by atoms with Crippen molar-refractivity contribution in [3.63, 3.8) is 0 Å². The van der Waals surface area contributed by atoms with Crippen molar-refractivity contribution < 1.29 is 14.4 Å². The summed E-state index contributed by atoms with van der Waals surface area (Å²) >= 11 is 5.97. The topological polar surface area (TPSA) is 63.3 Å². The van der Waals surface area contributed by atoms with Crippen LogP contribution in [0.1, 0.15) is 42.3 Å². The van der Waals surface area contributed by atoms with Gasteiger partial charge in [0.05, 0.1) is 17.2 Å². The van der Waals surface area contributed by atoms with Gasteiger partial charge in [-0.3, -0.25) is 4.79 Å². The third kappa shape index (κ3) is 2.36. The van der Waals surface area contributed by atoms with E-state index in [1.54, 1.807) is 19.1 Å². The van der Waals surface area contributed by atoms with Crippen LogP contribution in [0.5, 0.6) is 0 Å². The number of aromatic nitrogens is 1. The molecule has 0 saturated heterocycles. The van der Waals surface area contributed by atoms with Gasteiger partial charge in [-0.1, -0.05) is 28.9 Å². The van der Waals surface area contributed by atoms with Crippen molar-refractivity contribution in [2.24, 2.45) is 5.92 Å². The number of carbonyl (C=O) groups is 1. The summed E-state index contributed by atoms with van der Waals surface area (Å²) in [5.41, 5.74) is 1.40. The van der Waals surface area contributed by atoms with E-state index >= 15 is 0 Å². The molecule has 0 radical (unpaired) electrons. The van der Waals surface area contributed by atoms with Gasteiger partial charge in [-0.25, -0.2) is 0 Å². The lowest BCUT2D eigenvalue weighted by Gasteiger charge is -2.40. The second kappa shape index (κ2) is 5.21. The lowest BCUT2D eigenvalue weighted by Crippen LogP contribution is -2.48. The Balaban J connectivity index is 2.23. The molecule has 1 heterocycles. The van der Waals surface area contributed by atoms with Gasteiger partial charge in [0, 0.05) is 22.9 Å². The lowest BCUT2D eigenvalue weighted by molar-refractivity contribution is -0.130. The zero-order chi connectivity index (χ0) is 16.1. The van der Waals surface area contributed by atoms with Crippen LogP contribution in [-0.4, -0.2) is 21.6 Å². The zero-order valence-corrected chi connectivity index (χ0v) is 13.5. The molecule has 1 aliphatic rings. The third-order valence-electron chi connectivity index (χ3n) is 4.49. The van der Waals surface area contributed by atoms with Gasteiger partial charge in [-0.15, -0.1) is 0 Å². The molecule has 0 fully saturated rings. The molecule has 0 amide bonds. The molecule has 22 heavy (non-hydrogen) atoms. The van der Waals surface area contributed by atoms with E-state index in [4.69, 9.17) is 16.1 Å². The van der Waals surface area contributed by atoms with Gasteiger partial charge in [0.25, 0.3) is 0 Å². The molecule has 0 aliphatic heterocycles. The number of benzene rings is 1. The zero-order valence-electron chi connectivity index (χ0n) is 12.8. The molecule has 0 unspecified atom stereocenters. The van der Waals surface area contributed by atoms with E-state index in [1.165, 1.54) is 6.92 Å². The summed E-state index contributed by atoms with van der Waals surface area (Å²) in [7, 11) is 0. The predicted molar refractivity (Wildman–Crippen MR) is 83.0 cm³/mol. The molecule has 3 rings (SSSR count). The fourth-order valence-corrected chi connectivity index (χ4v) is 3.75. The number of carbonyl (C=O) groups excluding carboxylic acids is 1. The number of halogens is 1. The molecule has 0 saturated carbocycles. The molecular formula is C17H18ClNO3. The van der Waals surface area contributed by atoms with Crippen molar-refractivity contribution in [2.75, 3.05) is 0 Å². The predicted octanol–water partition coefficient (Wildman–Crippen LogP) is 3.28. The van der Waals surface area contributed by atoms with Gasteiger partial charge in [0.1, 0.15) is 11.5 Å². The van der Waals surface area contributed by atoms with E-state index in [-0.39, 0.29) is 11.7 Å². The molecule has 5 heteroatoms. The minimum atomic E-state index is -1.16. The second-order valence-corrected chi connectivity index (χ2v) is 6.69. The molecule has 0 bridgehead atoms. The molecule has 3 atom stereocenters. The molecule has 1 aromatic carbocycles. The minimum Gasteiger partial charge on any atom is -0.389 e. The van der Waals surface area contributed by atoms with E-state index in [0.717, 1.165) is 16.8 Å². The summed E-state index contributed by atoms with van der Waals surface area (Å²) in [5.74, 6) is -0.174. The van der Waals surface area contributed by atoms with Crippen LogP contribution in [0.3, 0.4) is 0 Å². The normalized spacial score (nSPS) is 27.5. The van der Waals surface area contributed by atoms with Crippen molar-refractivity contribution in [1.29, 1.82) is 0 Å². The fraction of sp³-hybridized carbons (Fsp3) is 0.412. The SMILES string of the molecule is CC(=O)[C@@H]1[C@@H](c2ccc(Cl)cc2)c2c(noc2C)C[C@@]1(C)O. The van der Waals surface area contributed by atoms with Crippen LogP contribution in [-0.2, 0) is 11.2 Å². The average Bonchev–Trinajstić information content (AvgIpc) is 2.77. The van der Waals surface area contributed by atoms with Crippen molar-refractivity contribution in [2.45, 2.75) is 38.7 Å². The summed E-state index contributed by atoms with van der Waals surface area (Å²) in [6, 6.07) is 7.36.